The van der Waals surface area contributed by atoms with Crippen LogP contribution in [0.5, 0.6) is 5.75 Å². The molecule has 7 nitrogen and oxygen atoms in total. The molecule has 138 valence electrons. The van der Waals surface area contributed by atoms with E-state index < -0.39 is 0 Å². The van der Waals surface area contributed by atoms with Crippen LogP contribution in [-0.2, 0) is 4.74 Å². The molecule has 2 N–H and O–H groups in total. The van der Waals surface area contributed by atoms with Gasteiger partial charge < -0.3 is 24.6 Å². The molecule has 1 fully saturated rings. The zero-order valence-electron chi connectivity index (χ0n) is 15.7. The number of hydrazone groups is 1. The lowest BCUT2D eigenvalue weighted by Gasteiger charge is -2.29. The summed E-state index contributed by atoms with van der Waals surface area (Å²) in [4.78, 5) is 4.38. The van der Waals surface area contributed by atoms with E-state index in [-0.39, 0.29) is 0 Å². The van der Waals surface area contributed by atoms with Crippen molar-refractivity contribution in [1.29, 1.82) is 0 Å². The quantitative estimate of drug-likeness (QED) is 0.549. The van der Waals surface area contributed by atoms with Crippen LogP contribution in [-0.4, -0.2) is 72.2 Å². The third kappa shape index (κ3) is 5.65. The Morgan fingerprint density at radius 3 is 2.76 bits per heavy atom. The second-order valence-corrected chi connectivity index (χ2v) is 5.89. The summed E-state index contributed by atoms with van der Waals surface area (Å²) in [5.74, 6) is 0.817. The molecule has 0 bridgehead atoms. The lowest BCUT2D eigenvalue weighted by Crippen LogP contribution is -2.72. The van der Waals surface area contributed by atoms with Crippen molar-refractivity contribution in [2.75, 3.05) is 71.0 Å². The molecule has 0 saturated carbocycles. The van der Waals surface area contributed by atoms with Gasteiger partial charge in [0.15, 0.2) is 0 Å². The number of benzene rings is 1. The largest absolute Gasteiger partial charge is 0.494 e. The number of anilines is 2. The molecule has 1 aliphatic heterocycles. The van der Waals surface area contributed by atoms with Crippen LogP contribution in [0.25, 0.3) is 0 Å². The first-order valence-electron chi connectivity index (χ1n) is 8.59. The van der Waals surface area contributed by atoms with Gasteiger partial charge in [0.05, 0.1) is 40.1 Å². The third-order valence-electron chi connectivity index (χ3n) is 4.05. The molecule has 0 unspecified atom stereocenters. The zero-order valence-corrected chi connectivity index (χ0v) is 15.7. The van der Waals surface area contributed by atoms with Gasteiger partial charge >= 0.3 is 0 Å². The Balaban J connectivity index is 2.03. The number of methoxy groups -OCH3 is 1. The van der Waals surface area contributed by atoms with Gasteiger partial charge in [-0.15, -0.1) is 0 Å². The molecule has 0 amide bonds. The molecule has 0 atom stereocenters. The van der Waals surface area contributed by atoms with Crippen molar-refractivity contribution in [3.8, 4) is 5.75 Å². The van der Waals surface area contributed by atoms with Gasteiger partial charge in [0.2, 0.25) is 0 Å². The minimum atomic E-state index is 0.739. The van der Waals surface area contributed by atoms with E-state index in [2.05, 4.69) is 33.1 Å². The van der Waals surface area contributed by atoms with E-state index in [4.69, 9.17) is 9.47 Å². The summed E-state index contributed by atoms with van der Waals surface area (Å²) < 4.78 is 11.0. The minimum Gasteiger partial charge on any atom is -0.494 e. The highest BCUT2D eigenvalue weighted by Gasteiger charge is 2.14. The maximum absolute atomic E-state index is 5.58. The highest BCUT2D eigenvalue weighted by Crippen LogP contribution is 2.32. The molecule has 1 aliphatic rings. The lowest BCUT2D eigenvalue weighted by molar-refractivity contribution is -0.557. The number of nitrogens with zero attached hydrogens (tertiary/aromatic N) is 4. The van der Waals surface area contributed by atoms with E-state index in [0.717, 1.165) is 50.0 Å². The van der Waals surface area contributed by atoms with Crippen molar-refractivity contribution in [3.05, 3.63) is 30.6 Å². The molecule has 0 spiro atoms. The number of ether oxygens (including phenoxy) is 2. The van der Waals surface area contributed by atoms with Crippen LogP contribution in [0, 0.1) is 0 Å². The van der Waals surface area contributed by atoms with Gasteiger partial charge in [0.25, 0.3) is 0 Å². The molecule has 1 aromatic carbocycles. The predicted octanol–water partition coefficient (Wildman–Crippen LogP) is 0.550. The maximum Gasteiger partial charge on any atom is 0.146 e. The van der Waals surface area contributed by atoms with Crippen LogP contribution in [0.3, 0.4) is 0 Å². The normalized spacial score (nSPS) is 15.1. The SMILES string of the molecule is C[NH2+]/C=C\N(C)C/C=N/N(C)c1ccc(N2CCOCC2)cc1OC. The standard InChI is InChI=1S/C18H29N5O2/c1-19-7-9-21(2)10-8-20-22(3)17-6-5-16(15-18(17)24-4)23-11-13-25-14-12-23/h5-9,15,19H,10-14H2,1-4H3/p+1/b9-7-,20-8+. The number of quaternary nitrogens is 1. The van der Waals surface area contributed by atoms with Crippen LogP contribution < -0.4 is 20.0 Å². The maximum atomic E-state index is 5.58. The third-order valence-corrected chi connectivity index (χ3v) is 4.05. The average Bonchev–Trinajstić information content (AvgIpc) is 2.66. The van der Waals surface area contributed by atoms with Crippen molar-refractivity contribution in [3.63, 3.8) is 0 Å². The van der Waals surface area contributed by atoms with Crippen molar-refractivity contribution in [2.45, 2.75) is 0 Å². The number of hydrogen-bond donors (Lipinski definition) is 1. The second kappa shape index (κ2) is 9.90. The summed E-state index contributed by atoms with van der Waals surface area (Å²) in [5, 5.41) is 8.34. The highest BCUT2D eigenvalue weighted by atomic mass is 16.5. The van der Waals surface area contributed by atoms with E-state index in [1.165, 1.54) is 0 Å². The van der Waals surface area contributed by atoms with Crippen LogP contribution in [0.2, 0.25) is 0 Å². The summed E-state index contributed by atoms with van der Waals surface area (Å²) >= 11 is 0. The Hall–Kier alpha value is -2.25. The van der Waals surface area contributed by atoms with Crippen molar-refractivity contribution in [2.24, 2.45) is 5.10 Å². The number of morpholine rings is 1. The molecular weight excluding hydrogens is 318 g/mol. The first-order valence-corrected chi connectivity index (χ1v) is 8.59. The van der Waals surface area contributed by atoms with E-state index in [1.54, 1.807) is 7.11 Å². The summed E-state index contributed by atoms with van der Waals surface area (Å²) in [6.07, 6.45) is 5.91. The van der Waals surface area contributed by atoms with E-state index >= 15 is 0 Å². The smallest absolute Gasteiger partial charge is 0.146 e. The molecule has 1 heterocycles. The van der Waals surface area contributed by atoms with E-state index in [9.17, 15) is 0 Å². The van der Waals surface area contributed by atoms with Gasteiger partial charge in [-0.2, -0.15) is 5.10 Å². The fourth-order valence-corrected chi connectivity index (χ4v) is 2.60. The molecule has 0 aromatic heterocycles. The lowest BCUT2D eigenvalue weighted by atomic mass is 10.2. The Morgan fingerprint density at radius 1 is 1.32 bits per heavy atom. The van der Waals surface area contributed by atoms with Gasteiger partial charge in [-0.1, -0.05) is 0 Å². The van der Waals surface area contributed by atoms with Crippen molar-refractivity contribution < 1.29 is 14.8 Å². The molecule has 25 heavy (non-hydrogen) atoms. The van der Waals surface area contributed by atoms with Crippen LogP contribution in [0.15, 0.2) is 35.7 Å². The summed E-state index contributed by atoms with van der Waals surface area (Å²) in [6.45, 7) is 4.10. The van der Waals surface area contributed by atoms with Crippen LogP contribution in [0.4, 0.5) is 11.4 Å². The van der Waals surface area contributed by atoms with Gasteiger partial charge in [-0.05, 0) is 12.1 Å². The molecule has 0 aliphatic carbocycles. The second-order valence-electron chi connectivity index (χ2n) is 5.89. The van der Waals surface area contributed by atoms with E-state index in [1.807, 2.05) is 50.1 Å². The number of nitrogens with two attached hydrogens (primary N) is 1. The van der Waals surface area contributed by atoms with E-state index in [0.29, 0.717) is 0 Å². The topological polar surface area (TPSA) is 57.2 Å². The first kappa shape index (κ1) is 19.1. The molecule has 2 rings (SSSR count). The summed E-state index contributed by atoms with van der Waals surface area (Å²) in [5.41, 5.74) is 2.10. The Bertz CT molecular complexity index is 585. The Labute approximate surface area is 150 Å². The van der Waals surface area contributed by atoms with Crippen LogP contribution in [0.1, 0.15) is 0 Å². The average molecular weight is 348 g/mol. The fraction of sp³-hybridized carbons (Fsp3) is 0.500. The fourth-order valence-electron chi connectivity index (χ4n) is 2.60. The zero-order chi connectivity index (χ0) is 18.1. The van der Waals surface area contributed by atoms with Crippen LogP contribution >= 0.6 is 0 Å². The van der Waals surface area contributed by atoms with Gasteiger partial charge in [-0.3, -0.25) is 5.01 Å². The highest BCUT2D eigenvalue weighted by molar-refractivity contribution is 5.68. The molecular formula is C18H30N5O2+. The molecule has 1 saturated heterocycles. The number of rotatable bonds is 8. The Morgan fingerprint density at radius 2 is 2.08 bits per heavy atom. The minimum absolute atomic E-state index is 0.739. The molecule has 0 radical (unpaired) electrons. The first-order chi connectivity index (χ1) is 12.2. The molecule has 1 aromatic rings. The van der Waals surface area contributed by atoms with Crippen molar-refractivity contribution in [1.82, 2.24) is 4.90 Å². The predicted molar refractivity (Wildman–Crippen MR) is 103 cm³/mol. The summed E-state index contributed by atoms with van der Waals surface area (Å²) in [6, 6.07) is 6.23. The number of hydrogen-bond acceptors (Lipinski definition) is 6. The van der Waals surface area contributed by atoms with Gasteiger partial charge in [0.1, 0.15) is 17.6 Å². The summed E-state index contributed by atoms with van der Waals surface area (Å²) in [7, 11) is 7.64. The monoisotopic (exact) mass is 348 g/mol. The molecule has 7 heteroatoms. The van der Waals surface area contributed by atoms with Crippen molar-refractivity contribution >= 4 is 17.6 Å². The van der Waals surface area contributed by atoms with Gasteiger partial charge in [-0.25, -0.2) is 0 Å². The van der Waals surface area contributed by atoms with Gasteiger partial charge in [0, 0.05) is 45.2 Å². The Kier molecular flexibility index (Phi) is 7.56.